The van der Waals surface area contributed by atoms with Crippen LogP contribution in [0.1, 0.15) is 33.1 Å². The minimum absolute atomic E-state index is 0.782. The van der Waals surface area contributed by atoms with Crippen LogP contribution < -0.4 is 0 Å². The first-order valence-corrected chi connectivity index (χ1v) is 9.52. The molecule has 0 aromatic carbocycles. The van der Waals surface area contributed by atoms with Crippen molar-refractivity contribution >= 4 is 32.6 Å². The Labute approximate surface area is 82.9 Å². The Morgan fingerprint density at radius 1 is 1.36 bits per heavy atom. The number of hydrogen-bond donors (Lipinski definition) is 0. The van der Waals surface area contributed by atoms with E-state index in [-0.39, 0.29) is 0 Å². The Morgan fingerprint density at radius 2 is 2.00 bits per heavy atom. The summed E-state index contributed by atoms with van der Waals surface area (Å²) >= 11 is 9.59. The molecule has 68 valence electrons. The number of halogens is 2. The summed E-state index contributed by atoms with van der Waals surface area (Å²) in [6.07, 6.45) is 1.42. The van der Waals surface area contributed by atoms with E-state index in [9.17, 15) is 0 Å². The van der Waals surface area contributed by atoms with E-state index in [0.29, 0.717) is 0 Å². The molecule has 1 unspecified atom stereocenters. The minimum Gasteiger partial charge on any atom is -0.395 e. The topological polar surface area (TPSA) is 9.23 Å². The number of hydrogen-bond acceptors (Lipinski definition) is 1. The van der Waals surface area contributed by atoms with Crippen LogP contribution in [0, 0.1) is 0 Å². The van der Waals surface area contributed by atoms with E-state index >= 15 is 0 Å². The van der Waals surface area contributed by atoms with Crippen LogP contribution in [-0.4, -0.2) is 12.9 Å². The lowest BCUT2D eigenvalue weighted by molar-refractivity contribution is 0.325. The van der Waals surface area contributed by atoms with Crippen molar-refractivity contribution in [3.8, 4) is 0 Å². The molecule has 0 fully saturated rings. The first-order valence-electron chi connectivity index (χ1n) is 4.14. The monoisotopic (exact) mass is 258 g/mol. The fourth-order valence-electron chi connectivity index (χ4n) is 0.706. The highest BCUT2D eigenvalue weighted by Gasteiger charge is 2.27. The van der Waals surface area contributed by atoms with E-state index in [0.717, 1.165) is 25.5 Å². The fraction of sp³-hybridized carbons (Fsp3) is 1.00. The zero-order valence-electron chi connectivity index (χ0n) is 7.20. The zero-order valence-corrected chi connectivity index (χ0v) is 10.5. The van der Waals surface area contributed by atoms with E-state index in [1.54, 1.807) is 0 Å². The van der Waals surface area contributed by atoms with Crippen LogP contribution in [0.25, 0.3) is 0 Å². The molecule has 4 heteroatoms. The Hall–Kier alpha value is 0.947. The van der Waals surface area contributed by atoms with Gasteiger partial charge in [-0.25, -0.2) is 0 Å². The summed E-state index contributed by atoms with van der Waals surface area (Å²) in [5.74, 6) is 0. The Kier molecular flexibility index (Phi) is 7.02. The van der Waals surface area contributed by atoms with Gasteiger partial charge in [-0.1, -0.05) is 42.0 Å². The summed E-state index contributed by atoms with van der Waals surface area (Å²) in [6.45, 7) is 5.03. The smallest absolute Gasteiger partial charge is 0.362 e. The molecule has 0 aliphatic carbocycles. The summed E-state index contributed by atoms with van der Waals surface area (Å²) < 4.78 is 5.50. The number of rotatable bonds is 6. The van der Waals surface area contributed by atoms with Crippen molar-refractivity contribution in [2.24, 2.45) is 0 Å². The third-order valence-electron chi connectivity index (χ3n) is 1.34. The Bertz CT molecular complexity index is 90.4. The van der Waals surface area contributed by atoms with E-state index in [2.05, 4.69) is 29.1 Å². The van der Waals surface area contributed by atoms with Crippen molar-refractivity contribution in [1.82, 2.24) is 0 Å². The summed E-state index contributed by atoms with van der Waals surface area (Å²) in [4.78, 5) is 0. The van der Waals surface area contributed by atoms with E-state index in [4.69, 9.17) is 15.5 Å². The molecule has 0 saturated carbocycles. The van der Waals surface area contributed by atoms with Crippen LogP contribution in [0.3, 0.4) is 0 Å². The first-order chi connectivity index (χ1) is 5.12. The van der Waals surface area contributed by atoms with Gasteiger partial charge < -0.3 is 4.43 Å². The molecule has 0 amide bonds. The van der Waals surface area contributed by atoms with Gasteiger partial charge in [0.15, 0.2) is 0 Å². The van der Waals surface area contributed by atoms with Gasteiger partial charge in [-0.05, 0) is 12.5 Å². The molecule has 0 aromatic rings. The van der Waals surface area contributed by atoms with Crippen LogP contribution in [0.4, 0.5) is 0 Å². The summed E-state index contributed by atoms with van der Waals surface area (Å²) in [5, 5.41) is 0. The average molecular weight is 260 g/mol. The Morgan fingerprint density at radius 3 is 2.45 bits per heavy atom. The lowest BCUT2D eigenvalue weighted by Crippen LogP contribution is -2.23. The molecule has 0 spiro atoms. The van der Waals surface area contributed by atoms with Crippen LogP contribution in [0.2, 0.25) is 6.04 Å². The van der Waals surface area contributed by atoms with E-state index in [1.807, 2.05) is 0 Å². The standard InChI is InChI=1S/C7H16BrClOSi/c1-3-5-7-11(8,9)10-6-4-2/h3-7H2,1-2H3. The van der Waals surface area contributed by atoms with Gasteiger partial charge in [-0.2, -0.15) is 0 Å². The molecule has 0 heterocycles. The molecule has 0 saturated heterocycles. The van der Waals surface area contributed by atoms with Crippen LogP contribution in [0.5, 0.6) is 0 Å². The molecule has 1 atom stereocenters. The number of unbranched alkanes of at least 4 members (excludes halogenated alkanes) is 1. The summed E-state index contributed by atoms with van der Waals surface area (Å²) in [5.41, 5.74) is 0. The second-order valence-corrected chi connectivity index (χ2v) is 11.7. The van der Waals surface area contributed by atoms with Gasteiger partial charge in [0.2, 0.25) is 0 Å². The SMILES string of the molecule is CCCC[Si](Cl)(Br)OCCC. The minimum atomic E-state index is -1.96. The van der Waals surface area contributed by atoms with E-state index < -0.39 is 6.25 Å². The van der Waals surface area contributed by atoms with Crippen LogP contribution in [0.15, 0.2) is 0 Å². The molecular weight excluding hydrogens is 244 g/mol. The van der Waals surface area contributed by atoms with Gasteiger partial charge in [-0.15, -0.1) is 11.1 Å². The summed E-state index contributed by atoms with van der Waals surface area (Å²) in [7, 11) is 0. The van der Waals surface area contributed by atoms with Gasteiger partial charge in [-0.3, -0.25) is 0 Å². The van der Waals surface area contributed by atoms with Crippen molar-refractivity contribution in [1.29, 1.82) is 0 Å². The molecule has 0 aliphatic heterocycles. The molecule has 0 radical (unpaired) electrons. The second-order valence-electron chi connectivity index (χ2n) is 2.59. The zero-order chi connectivity index (χ0) is 8.74. The lowest BCUT2D eigenvalue weighted by atomic mass is 10.4. The van der Waals surface area contributed by atoms with Gasteiger partial charge >= 0.3 is 6.25 Å². The predicted octanol–water partition coefficient (Wildman–Crippen LogP) is 3.79. The normalized spacial score (nSPS) is 16.4. The molecule has 1 nitrogen and oxygen atoms in total. The third kappa shape index (κ3) is 7.31. The molecule has 0 N–H and O–H groups in total. The largest absolute Gasteiger partial charge is 0.395 e. The fourth-order valence-corrected chi connectivity index (χ4v) is 4.08. The maximum absolute atomic E-state index is 6.13. The molecular formula is C7H16BrClOSi. The van der Waals surface area contributed by atoms with Crippen molar-refractivity contribution in [3.63, 3.8) is 0 Å². The maximum atomic E-state index is 6.13. The average Bonchev–Trinajstić information content (AvgIpc) is 1.97. The maximum Gasteiger partial charge on any atom is 0.362 e. The third-order valence-corrected chi connectivity index (χ3v) is 5.67. The lowest BCUT2D eigenvalue weighted by Gasteiger charge is -2.16. The van der Waals surface area contributed by atoms with Crippen molar-refractivity contribution in [2.75, 3.05) is 6.61 Å². The van der Waals surface area contributed by atoms with Crippen molar-refractivity contribution in [2.45, 2.75) is 39.2 Å². The molecule has 0 aliphatic rings. The van der Waals surface area contributed by atoms with Gasteiger partial charge in [0.1, 0.15) is 0 Å². The van der Waals surface area contributed by atoms with Crippen molar-refractivity contribution < 1.29 is 4.43 Å². The second kappa shape index (κ2) is 6.46. The van der Waals surface area contributed by atoms with Gasteiger partial charge in [0, 0.05) is 6.61 Å². The summed E-state index contributed by atoms with van der Waals surface area (Å²) in [6, 6.07) is 1.01. The molecule has 0 aromatic heterocycles. The van der Waals surface area contributed by atoms with E-state index in [1.165, 1.54) is 6.42 Å². The van der Waals surface area contributed by atoms with Crippen LogP contribution >= 0.6 is 26.4 Å². The van der Waals surface area contributed by atoms with Crippen LogP contribution in [-0.2, 0) is 4.43 Å². The highest BCUT2D eigenvalue weighted by Crippen LogP contribution is 2.26. The van der Waals surface area contributed by atoms with Crippen molar-refractivity contribution in [3.05, 3.63) is 0 Å². The molecule has 11 heavy (non-hydrogen) atoms. The van der Waals surface area contributed by atoms with Gasteiger partial charge in [0.25, 0.3) is 0 Å². The highest BCUT2D eigenvalue weighted by molar-refractivity contribution is 9.27. The molecule has 0 rings (SSSR count). The first kappa shape index (κ1) is 11.9. The van der Waals surface area contributed by atoms with Gasteiger partial charge in [0.05, 0.1) is 0 Å². The quantitative estimate of drug-likeness (QED) is 0.521. The Balaban J connectivity index is 3.43. The highest BCUT2D eigenvalue weighted by atomic mass is 79.9. The molecule has 0 bridgehead atoms. The predicted molar refractivity (Wildman–Crippen MR) is 56.5 cm³/mol.